The first-order valence-electron chi connectivity index (χ1n) is 4.87. The van der Waals surface area contributed by atoms with Gasteiger partial charge in [0.25, 0.3) is 0 Å². The molecule has 3 nitrogen and oxygen atoms in total. The van der Waals surface area contributed by atoms with E-state index in [-0.39, 0.29) is 0 Å². The summed E-state index contributed by atoms with van der Waals surface area (Å²) in [5, 5.41) is 12.4. The molecule has 0 fully saturated rings. The lowest BCUT2D eigenvalue weighted by molar-refractivity contribution is 0.179. The topological polar surface area (TPSA) is 58.3 Å². The first-order chi connectivity index (χ1) is 6.74. The third kappa shape index (κ3) is 3.46. The lowest BCUT2D eigenvalue weighted by Crippen LogP contribution is -2.32. The molecule has 0 radical (unpaired) electrons. The maximum absolute atomic E-state index is 9.22. The number of benzene rings is 1. The molecule has 1 atom stereocenters. The minimum absolute atomic E-state index is 0.306. The van der Waals surface area contributed by atoms with Crippen LogP contribution in [0.5, 0.6) is 0 Å². The van der Waals surface area contributed by atoms with E-state index in [1.54, 1.807) is 0 Å². The van der Waals surface area contributed by atoms with Crippen molar-refractivity contribution in [3.05, 3.63) is 35.4 Å². The van der Waals surface area contributed by atoms with Crippen LogP contribution < -0.4 is 11.1 Å². The van der Waals surface area contributed by atoms with Crippen molar-refractivity contribution in [3.63, 3.8) is 0 Å². The molecular weight excluding hydrogens is 176 g/mol. The molecule has 0 aliphatic rings. The number of rotatable bonds is 5. The van der Waals surface area contributed by atoms with Gasteiger partial charge in [0.2, 0.25) is 0 Å². The van der Waals surface area contributed by atoms with Crippen molar-refractivity contribution in [2.75, 3.05) is 13.1 Å². The van der Waals surface area contributed by atoms with Crippen molar-refractivity contribution in [1.29, 1.82) is 0 Å². The molecule has 1 unspecified atom stereocenters. The molecule has 1 aromatic rings. The third-order valence-electron chi connectivity index (χ3n) is 2.23. The fraction of sp³-hybridized carbons (Fsp3) is 0.455. The highest BCUT2D eigenvalue weighted by Gasteiger charge is 2.00. The highest BCUT2D eigenvalue weighted by atomic mass is 16.3. The summed E-state index contributed by atoms with van der Waals surface area (Å²) in [5.74, 6) is 0. The molecule has 1 rings (SSSR count). The van der Waals surface area contributed by atoms with Gasteiger partial charge >= 0.3 is 0 Å². The summed E-state index contributed by atoms with van der Waals surface area (Å²) in [5.41, 5.74) is 7.82. The van der Waals surface area contributed by atoms with Gasteiger partial charge in [0.15, 0.2) is 0 Å². The number of aliphatic hydroxyl groups excluding tert-OH is 1. The second-order valence-corrected chi connectivity index (χ2v) is 3.45. The molecule has 1 aromatic carbocycles. The third-order valence-corrected chi connectivity index (χ3v) is 2.23. The molecule has 4 N–H and O–H groups in total. The molecule has 0 saturated carbocycles. The van der Waals surface area contributed by atoms with Crippen molar-refractivity contribution in [2.24, 2.45) is 5.73 Å². The SMILES string of the molecule is Cc1ccccc1CNCC(O)CN. The summed E-state index contributed by atoms with van der Waals surface area (Å²) >= 11 is 0. The van der Waals surface area contributed by atoms with E-state index in [0.717, 1.165) is 6.54 Å². The van der Waals surface area contributed by atoms with Crippen LogP contribution in [0.25, 0.3) is 0 Å². The molecule has 0 aromatic heterocycles. The van der Waals surface area contributed by atoms with Crippen LogP contribution in [0.15, 0.2) is 24.3 Å². The lowest BCUT2D eigenvalue weighted by atomic mass is 10.1. The molecular formula is C11H18N2O. The Hall–Kier alpha value is -0.900. The van der Waals surface area contributed by atoms with E-state index in [1.165, 1.54) is 11.1 Å². The quantitative estimate of drug-likeness (QED) is 0.636. The summed E-state index contributed by atoms with van der Waals surface area (Å²) in [6.07, 6.45) is -0.445. The average molecular weight is 194 g/mol. The summed E-state index contributed by atoms with van der Waals surface area (Å²) in [7, 11) is 0. The maximum atomic E-state index is 9.22. The normalized spacial score (nSPS) is 12.8. The zero-order chi connectivity index (χ0) is 10.4. The Morgan fingerprint density at radius 2 is 2.14 bits per heavy atom. The molecule has 0 amide bonds. The van der Waals surface area contributed by atoms with E-state index in [9.17, 15) is 5.11 Å². The van der Waals surface area contributed by atoms with E-state index in [2.05, 4.69) is 24.4 Å². The van der Waals surface area contributed by atoms with Gasteiger partial charge in [0.1, 0.15) is 0 Å². The van der Waals surface area contributed by atoms with E-state index in [4.69, 9.17) is 5.73 Å². The van der Waals surface area contributed by atoms with Gasteiger partial charge < -0.3 is 16.2 Å². The molecule has 0 heterocycles. The predicted molar refractivity (Wildman–Crippen MR) is 57.9 cm³/mol. The Labute approximate surface area is 84.9 Å². The fourth-order valence-electron chi connectivity index (χ4n) is 1.27. The summed E-state index contributed by atoms with van der Waals surface area (Å²) in [4.78, 5) is 0. The van der Waals surface area contributed by atoms with Crippen LogP contribution in [0.3, 0.4) is 0 Å². The van der Waals surface area contributed by atoms with Crippen molar-refractivity contribution >= 4 is 0 Å². The predicted octanol–water partition coefficient (Wildman–Crippen LogP) is 0.404. The van der Waals surface area contributed by atoms with Crippen LogP contribution in [0.1, 0.15) is 11.1 Å². The monoisotopic (exact) mass is 194 g/mol. The van der Waals surface area contributed by atoms with Gasteiger partial charge in [-0.2, -0.15) is 0 Å². The Kier molecular flexibility index (Phi) is 4.59. The second-order valence-electron chi connectivity index (χ2n) is 3.45. The van der Waals surface area contributed by atoms with Crippen LogP contribution in [0.4, 0.5) is 0 Å². The summed E-state index contributed by atoms with van der Waals surface area (Å²) in [6.45, 7) is 3.71. The largest absolute Gasteiger partial charge is 0.390 e. The number of hydrogen-bond donors (Lipinski definition) is 3. The van der Waals surface area contributed by atoms with Crippen LogP contribution in [-0.2, 0) is 6.54 Å². The van der Waals surface area contributed by atoms with Crippen molar-refractivity contribution in [1.82, 2.24) is 5.32 Å². The number of hydrogen-bond acceptors (Lipinski definition) is 3. The Balaban J connectivity index is 2.35. The van der Waals surface area contributed by atoms with Gasteiger partial charge in [-0.15, -0.1) is 0 Å². The Morgan fingerprint density at radius 3 is 2.79 bits per heavy atom. The number of aryl methyl sites for hydroxylation is 1. The van der Waals surface area contributed by atoms with Gasteiger partial charge in [0.05, 0.1) is 6.10 Å². The molecule has 0 bridgehead atoms. The van der Waals surface area contributed by atoms with E-state index < -0.39 is 6.10 Å². The minimum Gasteiger partial charge on any atom is -0.390 e. The molecule has 0 aliphatic carbocycles. The van der Waals surface area contributed by atoms with Crippen LogP contribution in [-0.4, -0.2) is 24.3 Å². The van der Waals surface area contributed by atoms with E-state index in [1.807, 2.05) is 12.1 Å². The Morgan fingerprint density at radius 1 is 1.43 bits per heavy atom. The molecule has 14 heavy (non-hydrogen) atoms. The van der Waals surface area contributed by atoms with Gasteiger partial charge in [-0.1, -0.05) is 24.3 Å². The van der Waals surface area contributed by atoms with Gasteiger partial charge in [-0.05, 0) is 18.1 Å². The number of nitrogens with one attached hydrogen (secondary N) is 1. The highest BCUT2D eigenvalue weighted by Crippen LogP contribution is 2.05. The minimum atomic E-state index is -0.445. The molecule has 0 aliphatic heterocycles. The molecule has 78 valence electrons. The van der Waals surface area contributed by atoms with E-state index in [0.29, 0.717) is 13.1 Å². The average Bonchev–Trinajstić information content (AvgIpc) is 2.20. The first kappa shape index (κ1) is 11.2. The zero-order valence-corrected chi connectivity index (χ0v) is 8.53. The molecule has 0 spiro atoms. The lowest BCUT2D eigenvalue weighted by Gasteiger charge is -2.10. The summed E-state index contributed by atoms with van der Waals surface area (Å²) < 4.78 is 0. The first-order valence-corrected chi connectivity index (χ1v) is 4.87. The van der Waals surface area contributed by atoms with Crippen LogP contribution >= 0.6 is 0 Å². The van der Waals surface area contributed by atoms with Gasteiger partial charge in [-0.3, -0.25) is 0 Å². The molecule has 0 saturated heterocycles. The van der Waals surface area contributed by atoms with Crippen molar-refractivity contribution in [3.8, 4) is 0 Å². The van der Waals surface area contributed by atoms with Gasteiger partial charge in [-0.25, -0.2) is 0 Å². The number of aliphatic hydroxyl groups is 1. The second kappa shape index (κ2) is 5.75. The Bertz CT molecular complexity index is 276. The smallest absolute Gasteiger partial charge is 0.0786 e. The maximum Gasteiger partial charge on any atom is 0.0786 e. The zero-order valence-electron chi connectivity index (χ0n) is 8.53. The van der Waals surface area contributed by atoms with E-state index >= 15 is 0 Å². The van der Waals surface area contributed by atoms with Crippen LogP contribution in [0.2, 0.25) is 0 Å². The fourth-order valence-corrected chi connectivity index (χ4v) is 1.27. The van der Waals surface area contributed by atoms with Gasteiger partial charge in [0, 0.05) is 19.6 Å². The summed E-state index contributed by atoms with van der Waals surface area (Å²) in [6, 6.07) is 8.20. The highest BCUT2D eigenvalue weighted by molar-refractivity contribution is 5.25. The number of nitrogens with two attached hydrogens (primary N) is 1. The standard InChI is InChI=1S/C11H18N2O/c1-9-4-2-3-5-10(9)7-13-8-11(14)6-12/h2-5,11,13-14H,6-8,12H2,1H3. The van der Waals surface area contributed by atoms with Crippen molar-refractivity contribution in [2.45, 2.75) is 19.6 Å². The van der Waals surface area contributed by atoms with Crippen molar-refractivity contribution < 1.29 is 5.11 Å². The molecule has 3 heteroatoms. The van der Waals surface area contributed by atoms with Crippen LogP contribution in [0, 0.1) is 6.92 Å².